The third kappa shape index (κ3) is 2.27. The lowest BCUT2D eigenvalue weighted by Crippen LogP contribution is -2.64. The van der Waals surface area contributed by atoms with E-state index in [-0.39, 0.29) is 1.43 Å². The fourth-order valence-corrected chi connectivity index (χ4v) is 1.30. The molecule has 1 heterocycles. The molecule has 0 radical (unpaired) electrons. The summed E-state index contributed by atoms with van der Waals surface area (Å²) in [5.41, 5.74) is 0.411. The molecule has 0 unspecified atom stereocenters. The molecule has 0 aliphatic carbocycles. The predicted molar refractivity (Wildman–Crippen MR) is 48.4 cm³/mol. The monoisotopic (exact) mass is 146 g/mol. The summed E-state index contributed by atoms with van der Waals surface area (Å²) < 4.78 is 0. The van der Waals surface area contributed by atoms with Gasteiger partial charge in [0.25, 0.3) is 0 Å². The van der Waals surface area contributed by atoms with Crippen molar-refractivity contribution in [1.29, 1.82) is 0 Å². The van der Waals surface area contributed by atoms with Gasteiger partial charge in [0.05, 0.1) is 0 Å². The van der Waals surface area contributed by atoms with E-state index >= 15 is 0 Å². The molecule has 1 aliphatic rings. The topological polar surface area (TPSA) is 15.3 Å². The van der Waals surface area contributed by atoms with Gasteiger partial charge in [0.2, 0.25) is 0 Å². The molecule has 0 aromatic heterocycles. The first-order valence-electron chi connectivity index (χ1n) is 4.04. The van der Waals surface area contributed by atoms with Crippen LogP contribution in [0.1, 0.15) is 22.2 Å². The second kappa shape index (κ2) is 3.94. The summed E-state index contributed by atoms with van der Waals surface area (Å²) in [6, 6.07) is 0. The molecule has 0 atom stereocenters. The van der Waals surface area contributed by atoms with Crippen LogP contribution in [0.5, 0.6) is 0 Å². The average molecular weight is 146 g/mol. The highest BCUT2D eigenvalue weighted by Crippen LogP contribution is 2.16. The first-order chi connectivity index (χ1) is 4.66. The Morgan fingerprint density at radius 2 is 1.80 bits per heavy atom. The van der Waals surface area contributed by atoms with Crippen molar-refractivity contribution in [2.75, 3.05) is 27.2 Å². The Morgan fingerprint density at radius 3 is 1.90 bits per heavy atom. The molecule has 1 fully saturated rings. The van der Waals surface area contributed by atoms with E-state index in [0.717, 1.165) is 0 Å². The fourth-order valence-electron chi connectivity index (χ4n) is 1.30. The van der Waals surface area contributed by atoms with Gasteiger partial charge in [0.1, 0.15) is 0 Å². The van der Waals surface area contributed by atoms with Crippen LogP contribution in [0.25, 0.3) is 0 Å². The van der Waals surface area contributed by atoms with E-state index in [9.17, 15) is 0 Å². The van der Waals surface area contributed by atoms with E-state index in [0.29, 0.717) is 5.54 Å². The zero-order chi connectivity index (χ0) is 8.20. The molecule has 1 rings (SSSR count). The van der Waals surface area contributed by atoms with Crippen molar-refractivity contribution < 1.29 is 1.43 Å². The smallest absolute Gasteiger partial charge is 0.0406 e. The molecule has 2 nitrogen and oxygen atoms in total. The van der Waals surface area contributed by atoms with Crippen molar-refractivity contribution in [1.82, 2.24) is 10.2 Å². The Labute approximate surface area is 66.1 Å². The molecule has 2 heteroatoms. The largest absolute Gasteiger partial charge is 0.312 e. The summed E-state index contributed by atoms with van der Waals surface area (Å²) in [7, 11) is 4.16. The second-order valence-electron chi connectivity index (χ2n) is 2.98. The molecule has 10 heavy (non-hydrogen) atoms. The number of nitrogens with zero attached hydrogens (tertiary/aromatic N) is 1. The van der Waals surface area contributed by atoms with Crippen molar-refractivity contribution in [2.24, 2.45) is 0 Å². The van der Waals surface area contributed by atoms with Gasteiger partial charge in [-0.15, -0.1) is 0 Å². The van der Waals surface area contributed by atoms with Crippen LogP contribution in [0.3, 0.4) is 0 Å². The molecule has 0 saturated carbocycles. The maximum absolute atomic E-state index is 3.27. The van der Waals surface area contributed by atoms with Crippen LogP contribution in [0.2, 0.25) is 0 Å². The van der Waals surface area contributed by atoms with Gasteiger partial charge in [0, 0.05) is 20.1 Å². The van der Waals surface area contributed by atoms with Crippen LogP contribution in [0.15, 0.2) is 0 Å². The van der Waals surface area contributed by atoms with Crippen molar-refractivity contribution in [3.05, 3.63) is 0 Å². The normalized spacial score (nSPS) is 22.5. The number of rotatable bonds is 1. The van der Waals surface area contributed by atoms with E-state index in [1.54, 1.807) is 0 Å². The third-order valence-corrected chi connectivity index (χ3v) is 1.84. The average Bonchev–Trinajstić information content (AvgIpc) is 1.90. The minimum atomic E-state index is 0. The van der Waals surface area contributed by atoms with Gasteiger partial charge in [-0.3, -0.25) is 0 Å². The summed E-state index contributed by atoms with van der Waals surface area (Å²) in [4.78, 5) is 2.30. The van der Waals surface area contributed by atoms with E-state index < -0.39 is 0 Å². The molecule has 1 saturated heterocycles. The van der Waals surface area contributed by atoms with Crippen LogP contribution in [-0.2, 0) is 0 Å². The zero-order valence-electron chi connectivity index (χ0n) is 7.86. The Balaban J connectivity index is 0. The van der Waals surface area contributed by atoms with Crippen LogP contribution >= 0.6 is 0 Å². The second-order valence-corrected chi connectivity index (χ2v) is 2.98. The standard InChI is InChI=1S/C6H14N2.C2H6.H2/c1-6(7-2)4-8(3)5-6;1-2;/h7H,4-5H2,1-3H3;1-2H3;1H. The molecule has 0 amide bonds. The lowest BCUT2D eigenvalue weighted by Gasteiger charge is -2.46. The molecule has 0 aromatic carbocycles. The Morgan fingerprint density at radius 1 is 1.40 bits per heavy atom. The molecule has 1 N–H and O–H groups in total. The van der Waals surface area contributed by atoms with Crippen LogP contribution in [0.4, 0.5) is 0 Å². The van der Waals surface area contributed by atoms with Gasteiger partial charge in [-0.25, -0.2) is 0 Å². The number of nitrogens with one attached hydrogen (secondary N) is 1. The highest BCUT2D eigenvalue weighted by atomic mass is 15.2. The summed E-state index contributed by atoms with van der Waals surface area (Å²) in [6.07, 6.45) is 0. The number of likely N-dealkylation sites (tertiary alicyclic amines) is 1. The van der Waals surface area contributed by atoms with Crippen LogP contribution in [-0.4, -0.2) is 37.6 Å². The van der Waals surface area contributed by atoms with E-state index in [1.807, 2.05) is 20.9 Å². The van der Waals surface area contributed by atoms with Gasteiger partial charge < -0.3 is 10.2 Å². The highest BCUT2D eigenvalue weighted by Gasteiger charge is 2.34. The molecule has 0 spiro atoms. The minimum absolute atomic E-state index is 0. The van der Waals surface area contributed by atoms with Gasteiger partial charge in [-0.2, -0.15) is 0 Å². The van der Waals surface area contributed by atoms with Crippen molar-refractivity contribution in [3.63, 3.8) is 0 Å². The van der Waals surface area contributed by atoms with Crippen molar-refractivity contribution in [2.45, 2.75) is 26.3 Å². The number of hydrogen-bond donors (Lipinski definition) is 1. The highest BCUT2D eigenvalue weighted by molar-refractivity contribution is 4.96. The Hall–Kier alpha value is -0.0800. The van der Waals surface area contributed by atoms with E-state index in [4.69, 9.17) is 0 Å². The zero-order valence-corrected chi connectivity index (χ0v) is 7.86. The molecular weight excluding hydrogens is 124 g/mol. The first-order valence-corrected chi connectivity index (χ1v) is 4.04. The number of likely N-dealkylation sites (N-methyl/N-ethyl adjacent to an activating group) is 2. The van der Waals surface area contributed by atoms with Gasteiger partial charge in [-0.05, 0) is 21.0 Å². The van der Waals surface area contributed by atoms with Crippen LogP contribution < -0.4 is 5.32 Å². The van der Waals surface area contributed by atoms with Crippen LogP contribution in [0, 0.1) is 0 Å². The first kappa shape index (κ1) is 9.92. The molecule has 0 bridgehead atoms. The molecule has 64 valence electrons. The Bertz CT molecular complexity index is 90.1. The summed E-state index contributed by atoms with van der Waals surface area (Å²) in [5, 5.41) is 3.27. The van der Waals surface area contributed by atoms with Gasteiger partial charge in [0.15, 0.2) is 0 Å². The van der Waals surface area contributed by atoms with E-state index in [2.05, 4.69) is 24.2 Å². The van der Waals surface area contributed by atoms with Crippen molar-refractivity contribution in [3.8, 4) is 0 Å². The maximum Gasteiger partial charge on any atom is 0.0406 e. The maximum atomic E-state index is 3.27. The molecular formula is C8H22N2. The predicted octanol–water partition coefficient (Wildman–Crippen LogP) is 1.18. The summed E-state index contributed by atoms with van der Waals surface area (Å²) >= 11 is 0. The fraction of sp³-hybridized carbons (Fsp3) is 1.00. The van der Waals surface area contributed by atoms with Gasteiger partial charge in [-0.1, -0.05) is 13.8 Å². The summed E-state index contributed by atoms with van der Waals surface area (Å²) in [5.74, 6) is 0. The molecule has 1 aliphatic heterocycles. The molecule has 0 aromatic rings. The Kier molecular flexibility index (Phi) is 3.91. The van der Waals surface area contributed by atoms with Crippen molar-refractivity contribution >= 4 is 0 Å². The lowest BCUT2D eigenvalue weighted by molar-refractivity contribution is 0.0879. The lowest BCUT2D eigenvalue weighted by atomic mass is 9.94. The quantitative estimate of drug-likeness (QED) is 0.597. The summed E-state index contributed by atoms with van der Waals surface area (Å²) in [6.45, 7) is 8.61. The van der Waals surface area contributed by atoms with E-state index in [1.165, 1.54) is 13.1 Å². The minimum Gasteiger partial charge on any atom is -0.312 e. The third-order valence-electron chi connectivity index (χ3n) is 1.84. The van der Waals surface area contributed by atoms with Gasteiger partial charge >= 0.3 is 0 Å². The SMILES string of the molecule is CC.CNC1(C)CN(C)C1.[HH]. The number of hydrogen-bond acceptors (Lipinski definition) is 2.